The number of nitrogens with one attached hydrogen (secondary N) is 1. The fourth-order valence-corrected chi connectivity index (χ4v) is 4.68. The second-order valence-corrected chi connectivity index (χ2v) is 7.43. The van der Waals surface area contributed by atoms with Crippen LogP contribution in [-0.2, 0) is 16.4 Å². The average molecular weight is 446 g/mol. The molecule has 0 spiro atoms. The summed E-state index contributed by atoms with van der Waals surface area (Å²) < 4.78 is 26.5. The van der Waals surface area contributed by atoms with Crippen LogP contribution in [0.5, 0.6) is 0 Å². The minimum Gasteiger partial charge on any atom is -0.370 e. The van der Waals surface area contributed by atoms with Gasteiger partial charge >= 0.3 is 0 Å². The van der Waals surface area contributed by atoms with E-state index in [0.717, 1.165) is 4.88 Å². The SMILES string of the molecule is CCN(CC)S(=O)(=O)c1ccc(CCNC(N)=NC)s1.I. The zero-order chi connectivity index (χ0) is 15.2. The van der Waals surface area contributed by atoms with Crippen LogP contribution in [-0.4, -0.2) is 45.4 Å². The Morgan fingerprint density at radius 2 is 2.00 bits per heavy atom. The van der Waals surface area contributed by atoms with Crippen molar-refractivity contribution in [3.8, 4) is 0 Å². The van der Waals surface area contributed by atoms with Gasteiger partial charge in [0.1, 0.15) is 4.21 Å². The fourth-order valence-electron chi connectivity index (χ4n) is 1.71. The van der Waals surface area contributed by atoms with Crippen LogP contribution < -0.4 is 11.1 Å². The van der Waals surface area contributed by atoms with Gasteiger partial charge in [-0.3, -0.25) is 4.99 Å². The zero-order valence-corrected chi connectivity index (χ0v) is 16.5. The molecule has 0 bridgehead atoms. The second kappa shape index (κ2) is 9.59. The van der Waals surface area contributed by atoms with Crippen LogP contribution in [0.15, 0.2) is 21.3 Å². The zero-order valence-electron chi connectivity index (χ0n) is 12.5. The van der Waals surface area contributed by atoms with E-state index in [1.807, 2.05) is 19.9 Å². The monoisotopic (exact) mass is 446 g/mol. The number of aliphatic imine (C=N–C) groups is 1. The van der Waals surface area contributed by atoms with Crippen molar-refractivity contribution in [1.82, 2.24) is 9.62 Å². The summed E-state index contributed by atoms with van der Waals surface area (Å²) in [6.07, 6.45) is 0.717. The molecular weight excluding hydrogens is 423 g/mol. The first-order valence-electron chi connectivity index (χ1n) is 6.50. The molecule has 1 rings (SSSR count). The summed E-state index contributed by atoms with van der Waals surface area (Å²) in [4.78, 5) is 4.80. The number of hydrogen-bond donors (Lipinski definition) is 2. The van der Waals surface area contributed by atoms with E-state index in [1.54, 1.807) is 13.1 Å². The van der Waals surface area contributed by atoms with E-state index in [9.17, 15) is 8.42 Å². The van der Waals surface area contributed by atoms with Gasteiger partial charge in [0, 0.05) is 31.6 Å². The molecule has 0 fully saturated rings. The van der Waals surface area contributed by atoms with E-state index in [0.29, 0.717) is 36.2 Å². The standard InChI is InChI=1S/C12H22N4O2S2.HI/c1-4-16(5-2)20(17,18)11-7-6-10(19-11)8-9-15-12(13)14-3;/h6-7H,4-5,8-9H2,1-3H3,(H3,13,14,15);1H. The van der Waals surface area contributed by atoms with Crippen LogP contribution in [0.3, 0.4) is 0 Å². The summed E-state index contributed by atoms with van der Waals surface area (Å²) in [5.41, 5.74) is 5.53. The van der Waals surface area contributed by atoms with Crippen LogP contribution >= 0.6 is 35.3 Å². The lowest BCUT2D eigenvalue weighted by Crippen LogP contribution is -2.32. The van der Waals surface area contributed by atoms with Crippen LogP contribution in [0.1, 0.15) is 18.7 Å². The summed E-state index contributed by atoms with van der Waals surface area (Å²) in [5.74, 6) is 0.387. The Morgan fingerprint density at radius 3 is 2.52 bits per heavy atom. The molecular formula is C12H23IN4O2S2. The maximum absolute atomic E-state index is 12.3. The van der Waals surface area contributed by atoms with Gasteiger partial charge in [0.2, 0.25) is 0 Å². The molecule has 0 atom stereocenters. The molecule has 0 unspecified atom stereocenters. The molecule has 0 aliphatic carbocycles. The fraction of sp³-hybridized carbons (Fsp3) is 0.583. The first-order chi connectivity index (χ1) is 9.45. The number of sulfonamides is 1. The third-order valence-corrected chi connectivity index (χ3v) is 6.52. The Bertz CT molecular complexity index is 553. The predicted octanol–water partition coefficient (Wildman–Crippen LogP) is 1.47. The number of hydrogen-bond acceptors (Lipinski definition) is 4. The Kier molecular flexibility index (Phi) is 9.41. The minimum atomic E-state index is -3.34. The summed E-state index contributed by atoms with van der Waals surface area (Å²) >= 11 is 1.31. The van der Waals surface area contributed by atoms with Gasteiger partial charge in [-0.15, -0.1) is 35.3 Å². The average Bonchev–Trinajstić information content (AvgIpc) is 2.89. The molecule has 122 valence electrons. The molecule has 0 saturated heterocycles. The van der Waals surface area contributed by atoms with E-state index >= 15 is 0 Å². The number of halogens is 1. The molecule has 0 aliphatic heterocycles. The van der Waals surface area contributed by atoms with E-state index in [2.05, 4.69) is 10.3 Å². The summed E-state index contributed by atoms with van der Waals surface area (Å²) in [7, 11) is -1.73. The van der Waals surface area contributed by atoms with Crippen molar-refractivity contribution >= 4 is 51.3 Å². The number of thiophene rings is 1. The van der Waals surface area contributed by atoms with Gasteiger partial charge < -0.3 is 11.1 Å². The third-order valence-electron chi connectivity index (χ3n) is 2.85. The lowest BCUT2D eigenvalue weighted by Gasteiger charge is -2.16. The number of rotatable bonds is 7. The molecule has 0 radical (unpaired) electrons. The molecule has 0 saturated carbocycles. The maximum atomic E-state index is 12.3. The lowest BCUT2D eigenvalue weighted by atomic mass is 10.3. The minimum absolute atomic E-state index is 0. The summed E-state index contributed by atoms with van der Waals surface area (Å²) in [6.45, 7) is 5.28. The third kappa shape index (κ3) is 5.72. The van der Waals surface area contributed by atoms with Gasteiger partial charge in [-0.2, -0.15) is 4.31 Å². The highest BCUT2D eigenvalue weighted by Gasteiger charge is 2.23. The molecule has 9 heteroatoms. The van der Waals surface area contributed by atoms with Crippen molar-refractivity contribution in [1.29, 1.82) is 0 Å². The van der Waals surface area contributed by atoms with Crippen molar-refractivity contribution in [2.75, 3.05) is 26.7 Å². The Morgan fingerprint density at radius 1 is 1.38 bits per heavy atom. The molecule has 1 aromatic heterocycles. The van der Waals surface area contributed by atoms with E-state index < -0.39 is 10.0 Å². The lowest BCUT2D eigenvalue weighted by molar-refractivity contribution is 0.447. The van der Waals surface area contributed by atoms with Gasteiger partial charge in [-0.1, -0.05) is 13.8 Å². The smallest absolute Gasteiger partial charge is 0.252 e. The van der Waals surface area contributed by atoms with Crippen LogP contribution in [0, 0.1) is 0 Å². The van der Waals surface area contributed by atoms with Crippen LogP contribution in [0.25, 0.3) is 0 Å². The van der Waals surface area contributed by atoms with E-state index in [-0.39, 0.29) is 24.0 Å². The largest absolute Gasteiger partial charge is 0.370 e. The van der Waals surface area contributed by atoms with Crippen molar-refractivity contribution in [3.63, 3.8) is 0 Å². The maximum Gasteiger partial charge on any atom is 0.252 e. The van der Waals surface area contributed by atoms with E-state index in [4.69, 9.17) is 5.73 Å². The number of guanidine groups is 1. The highest BCUT2D eigenvalue weighted by Crippen LogP contribution is 2.25. The molecule has 1 aromatic rings. The van der Waals surface area contributed by atoms with Crippen molar-refractivity contribution in [2.24, 2.45) is 10.7 Å². The molecule has 0 amide bonds. The van der Waals surface area contributed by atoms with Gasteiger partial charge in [0.15, 0.2) is 5.96 Å². The molecule has 1 heterocycles. The number of nitrogens with zero attached hydrogens (tertiary/aromatic N) is 2. The summed E-state index contributed by atoms with van der Waals surface area (Å²) in [5, 5.41) is 2.95. The second-order valence-electron chi connectivity index (χ2n) is 4.10. The summed E-state index contributed by atoms with van der Waals surface area (Å²) in [6, 6.07) is 3.52. The van der Waals surface area contributed by atoms with Gasteiger partial charge in [-0.05, 0) is 18.6 Å². The molecule has 0 aromatic carbocycles. The first kappa shape index (κ1) is 20.6. The van der Waals surface area contributed by atoms with Crippen molar-refractivity contribution in [2.45, 2.75) is 24.5 Å². The van der Waals surface area contributed by atoms with Gasteiger partial charge in [-0.25, -0.2) is 8.42 Å². The van der Waals surface area contributed by atoms with Crippen molar-refractivity contribution in [3.05, 3.63) is 17.0 Å². The first-order valence-corrected chi connectivity index (χ1v) is 8.76. The Balaban J connectivity index is 0.00000400. The van der Waals surface area contributed by atoms with Gasteiger partial charge in [0.05, 0.1) is 0 Å². The Labute approximate surface area is 147 Å². The number of nitrogens with two attached hydrogens (primary N) is 1. The molecule has 0 aliphatic rings. The van der Waals surface area contributed by atoms with Crippen LogP contribution in [0.4, 0.5) is 0 Å². The van der Waals surface area contributed by atoms with Crippen LogP contribution in [0.2, 0.25) is 0 Å². The topological polar surface area (TPSA) is 87.8 Å². The highest BCUT2D eigenvalue weighted by molar-refractivity contribution is 14.0. The molecule has 3 N–H and O–H groups in total. The van der Waals surface area contributed by atoms with Gasteiger partial charge in [0.25, 0.3) is 10.0 Å². The van der Waals surface area contributed by atoms with Crippen molar-refractivity contribution < 1.29 is 8.42 Å². The molecule has 21 heavy (non-hydrogen) atoms. The highest BCUT2D eigenvalue weighted by atomic mass is 127. The predicted molar refractivity (Wildman–Crippen MR) is 99.1 cm³/mol. The Hall–Kier alpha value is -0.390. The van der Waals surface area contributed by atoms with E-state index in [1.165, 1.54) is 15.6 Å². The normalized spacial score (nSPS) is 12.3. The molecule has 6 nitrogen and oxygen atoms in total. The quantitative estimate of drug-likeness (QED) is 0.377.